The minimum Gasteiger partial charge on any atom is -0.460 e. The summed E-state index contributed by atoms with van der Waals surface area (Å²) in [5.74, 6) is -1.23. The first kappa shape index (κ1) is 21.5. The Morgan fingerprint density at radius 1 is 0.871 bits per heavy atom. The van der Waals surface area contributed by atoms with Crippen LogP contribution in [0, 0.1) is 0 Å². The molecule has 0 radical (unpaired) electrons. The molecule has 8 heteroatoms. The maximum Gasteiger partial charge on any atom is 0.338 e. The second-order valence-electron chi connectivity index (χ2n) is 6.45. The summed E-state index contributed by atoms with van der Waals surface area (Å²) in [7, 11) is 0. The summed E-state index contributed by atoms with van der Waals surface area (Å²) >= 11 is 0. The second kappa shape index (κ2) is 11.1. The van der Waals surface area contributed by atoms with Gasteiger partial charge in [-0.25, -0.2) is 4.79 Å². The number of carbonyl (C=O) groups excluding carboxylic acids is 3. The standard InChI is InChI=1S/C23H20N4O4/c28-21(25-20-11-5-2-6-12-20)17-27-14-7-10-19(16-27)22(29)26-24-13-15-31-23(30)18-8-3-1-4-9-18/h1-12,14,16H,13,15,17H2/p+1. The lowest BCUT2D eigenvalue weighted by molar-refractivity contribution is -0.684. The number of esters is 1. The van der Waals surface area contributed by atoms with Crippen LogP contribution in [0.5, 0.6) is 0 Å². The van der Waals surface area contributed by atoms with Crippen LogP contribution in [0.25, 0.3) is 0 Å². The second-order valence-corrected chi connectivity index (χ2v) is 6.45. The number of ether oxygens (including phenoxy) is 1. The molecular weight excluding hydrogens is 396 g/mol. The number of hydrogen-bond donors (Lipinski definition) is 1. The Labute approximate surface area is 179 Å². The Balaban J connectivity index is 1.47. The van der Waals surface area contributed by atoms with Crippen molar-refractivity contribution in [3.8, 4) is 0 Å². The molecule has 0 spiro atoms. The number of azo groups is 1. The van der Waals surface area contributed by atoms with Crippen molar-refractivity contribution in [2.75, 3.05) is 18.5 Å². The van der Waals surface area contributed by atoms with Crippen molar-refractivity contribution in [1.82, 2.24) is 0 Å². The molecule has 0 unspecified atom stereocenters. The monoisotopic (exact) mass is 417 g/mol. The van der Waals surface area contributed by atoms with Gasteiger partial charge in [-0.2, -0.15) is 9.68 Å². The highest BCUT2D eigenvalue weighted by Crippen LogP contribution is 2.05. The Morgan fingerprint density at radius 2 is 1.55 bits per heavy atom. The molecule has 0 saturated heterocycles. The molecule has 8 nitrogen and oxygen atoms in total. The zero-order valence-corrected chi connectivity index (χ0v) is 16.7. The SMILES string of the molecule is O=C(C[n+]1cccc(C(=O)N=NCCOC(=O)c2ccccc2)c1)Nc1ccccc1. The number of benzene rings is 2. The summed E-state index contributed by atoms with van der Waals surface area (Å²) in [6.45, 7) is 0.123. The van der Waals surface area contributed by atoms with Gasteiger partial charge in [0.05, 0.1) is 12.1 Å². The van der Waals surface area contributed by atoms with Crippen molar-refractivity contribution >= 4 is 23.5 Å². The van der Waals surface area contributed by atoms with E-state index < -0.39 is 11.9 Å². The van der Waals surface area contributed by atoms with Crippen LogP contribution in [-0.4, -0.2) is 30.9 Å². The fourth-order valence-electron chi connectivity index (χ4n) is 2.64. The van der Waals surface area contributed by atoms with Gasteiger partial charge in [-0.1, -0.05) is 36.4 Å². The van der Waals surface area contributed by atoms with Gasteiger partial charge >= 0.3 is 11.9 Å². The van der Waals surface area contributed by atoms with E-state index in [0.717, 1.165) is 0 Å². The van der Waals surface area contributed by atoms with Crippen molar-refractivity contribution in [1.29, 1.82) is 0 Å². The Kier molecular flexibility index (Phi) is 7.70. The third kappa shape index (κ3) is 6.97. The molecule has 3 aromatic rings. The highest BCUT2D eigenvalue weighted by atomic mass is 16.5. The van der Waals surface area contributed by atoms with Crippen molar-refractivity contribution in [3.63, 3.8) is 0 Å². The van der Waals surface area contributed by atoms with E-state index in [-0.39, 0.29) is 25.6 Å². The fraction of sp³-hybridized carbons (Fsp3) is 0.130. The van der Waals surface area contributed by atoms with Crippen LogP contribution in [0.15, 0.2) is 95.4 Å². The first-order valence-corrected chi connectivity index (χ1v) is 9.60. The summed E-state index contributed by atoms with van der Waals surface area (Å²) in [6, 6.07) is 20.9. The van der Waals surface area contributed by atoms with E-state index in [9.17, 15) is 14.4 Å². The average molecular weight is 417 g/mol. The fourth-order valence-corrected chi connectivity index (χ4v) is 2.64. The van der Waals surface area contributed by atoms with Crippen molar-refractivity contribution in [2.24, 2.45) is 10.2 Å². The molecule has 0 aliphatic heterocycles. The molecule has 0 aliphatic carbocycles. The average Bonchev–Trinajstić information content (AvgIpc) is 2.80. The minimum absolute atomic E-state index is 0.0129. The third-order valence-corrected chi connectivity index (χ3v) is 4.08. The Morgan fingerprint density at radius 3 is 2.29 bits per heavy atom. The van der Waals surface area contributed by atoms with E-state index in [0.29, 0.717) is 16.8 Å². The van der Waals surface area contributed by atoms with Crippen LogP contribution in [0.2, 0.25) is 0 Å². The number of rotatable bonds is 8. The van der Waals surface area contributed by atoms with E-state index >= 15 is 0 Å². The molecule has 0 saturated carbocycles. The molecule has 1 aromatic heterocycles. The molecule has 1 N–H and O–H groups in total. The number of carbonyl (C=O) groups is 3. The van der Waals surface area contributed by atoms with Gasteiger partial charge in [0, 0.05) is 11.8 Å². The number of pyridine rings is 1. The smallest absolute Gasteiger partial charge is 0.338 e. The quantitative estimate of drug-likeness (QED) is 0.263. The Hall–Kier alpha value is -4.20. The normalized spacial score (nSPS) is 10.6. The predicted octanol–water partition coefficient (Wildman–Crippen LogP) is 3.06. The molecule has 156 valence electrons. The van der Waals surface area contributed by atoms with Crippen LogP contribution in [0.1, 0.15) is 20.7 Å². The molecule has 0 aliphatic rings. The number of anilines is 1. The van der Waals surface area contributed by atoms with Crippen molar-refractivity contribution in [2.45, 2.75) is 6.54 Å². The van der Waals surface area contributed by atoms with Crippen molar-refractivity contribution < 1.29 is 23.7 Å². The highest BCUT2D eigenvalue weighted by molar-refractivity contribution is 5.94. The Bertz CT molecular complexity index is 1070. The number of aromatic nitrogens is 1. The van der Waals surface area contributed by atoms with Gasteiger partial charge in [-0.3, -0.25) is 9.59 Å². The minimum atomic E-state index is -0.549. The number of nitrogens with one attached hydrogen (secondary N) is 1. The van der Waals surface area contributed by atoms with Gasteiger partial charge in [0.15, 0.2) is 12.4 Å². The van der Waals surface area contributed by atoms with E-state index in [1.165, 1.54) is 6.20 Å². The summed E-state index contributed by atoms with van der Waals surface area (Å²) in [6.07, 6.45) is 3.21. The van der Waals surface area contributed by atoms with Crippen LogP contribution in [0.4, 0.5) is 5.69 Å². The lowest BCUT2D eigenvalue weighted by Crippen LogP contribution is -2.40. The number of para-hydroxylation sites is 1. The highest BCUT2D eigenvalue weighted by Gasteiger charge is 2.14. The molecule has 3 rings (SSSR count). The summed E-state index contributed by atoms with van der Waals surface area (Å²) in [5, 5.41) is 10.2. The molecule has 2 amide bonds. The molecule has 31 heavy (non-hydrogen) atoms. The first-order chi connectivity index (χ1) is 15.1. The zero-order chi connectivity index (χ0) is 21.9. The van der Waals surface area contributed by atoms with E-state index in [1.807, 2.05) is 18.2 Å². The number of hydrogen-bond acceptors (Lipinski definition) is 5. The summed E-state index contributed by atoms with van der Waals surface area (Å²) in [5.41, 5.74) is 1.43. The lowest BCUT2D eigenvalue weighted by Gasteiger charge is -2.03. The first-order valence-electron chi connectivity index (χ1n) is 9.60. The molecule has 0 bridgehead atoms. The molecular formula is C23H21N4O4+. The maximum atomic E-state index is 12.2. The molecule has 2 aromatic carbocycles. The van der Waals surface area contributed by atoms with Gasteiger partial charge in [0.1, 0.15) is 12.2 Å². The van der Waals surface area contributed by atoms with Crippen LogP contribution in [-0.2, 0) is 16.1 Å². The molecule has 0 fully saturated rings. The lowest BCUT2D eigenvalue weighted by atomic mass is 10.2. The van der Waals surface area contributed by atoms with Gasteiger partial charge in [-0.05, 0) is 30.3 Å². The molecule has 1 heterocycles. The molecule has 0 atom stereocenters. The maximum absolute atomic E-state index is 12.2. The van der Waals surface area contributed by atoms with E-state index in [2.05, 4.69) is 15.5 Å². The van der Waals surface area contributed by atoms with E-state index in [1.54, 1.807) is 65.4 Å². The third-order valence-electron chi connectivity index (χ3n) is 4.08. The van der Waals surface area contributed by atoms with Crippen molar-refractivity contribution in [3.05, 3.63) is 96.3 Å². The van der Waals surface area contributed by atoms with Gasteiger partial charge in [0.2, 0.25) is 6.54 Å². The predicted molar refractivity (Wildman–Crippen MR) is 112 cm³/mol. The number of nitrogens with zero attached hydrogens (tertiary/aromatic N) is 3. The zero-order valence-electron chi connectivity index (χ0n) is 16.7. The van der Waals surface area contributed by atoms with Crippen LogP contribution in [0.3, 0.4) is 0 Å². The summed E-state index contributed by atoms with van der Waals surface area (Å²) < 4.78 is 6.66. The van der Waals surface area contributed by atoms with Gasteiger partial charge in [-0.15, -0.1) is 5.11 Å². The van der Waals surface area contributed by atoms with E-state index in [4.69, 9.17) is 4.74 Å². The van der Waals surface area contributed by atoms with Crippen LogP contribution < -0.4 is 9.88 Å². The van der Waals surface area contributed by atoms with Crippen LogP contribution >= 0.6 is 0 Å². The number of amides is 2. The summed E-state index contributed by atoms with van der Waals surface area (Å²) in [4.78, 5) is 36.2. The van der Waals surface area contributed by atoms with Gasteiger partial charge < -0.3 is 10.1 Å². The largest absolute Gasteiger partial charge is 0.460 e. The van der Waals surface area contributed by atoms with Gasteiger partial charge in [0.25, 0.3) is 5.91 Å². The topological polar surface area (TPSA) is 101 Å².